The Morgan fingerprint density at radius 3 is 2.44 bits per heavy atom. The zero-order valence-electron chi connectivity index (χ0n) is 19.5. The Bertz CT molecular complexity index is 1080. The third kappa shape index (κ3) is 7.07. The fourth-order valence-electron chi connectivity index (χ4n) is 3.88. The first-order valence-electron chi connectivity index (χ1n) is 11.1. The number of carboxylic acid groups (broad SMARTS) is 1. The number of aromatic nitrogens is 1. The molecule has 1 saturated heterocycles. The van der Waals surface area contributed by atoms with Gasteiger partial charge in [-0.15, -0.1) is 16.3 Å². The number of hydrogen-bond acceptors (Lipinski definition) is 4. The van der Waals surface area contributed by atoms with Gasteiger partial charge >= 0.3 is 12.1 Å². The van der Waals surface area contributed by atoms with Crippen molar-refractivity contribution < 1.29 is 19.5 Å². The normalized spacial score (nSPS) is 16.2. The molecule has 1 fully saturated rings. The van der Waals surface area contributed by atoms with Crippen molar-refractivity contribution in [3.63, 3.8) is 0 Å². The Balaban J connectivity index is 1.59. The van der Waals surface area contributed by atoms with Gasteiger partial charge in [-0.2, -0.15) is 0 Å². The van der Waals surface area contributed by atoms with Gasteiger partial charge in [0.25, 0.3) is 0 Å². The number of carbonyl (C=O) groups excluding carboxylic acids is 2. The highest BCUT2D eigenvalue weighted by molar-refractivity contribution is 7.07. The molecular weight excluding hydrogens is 478 g/mol. The number of amides is 4. The smallest absolute Gasteiger partial charge is 0.433 e. The summed E-state index contributed by atoms with van der Waals surface area (Å²) in [6.45, 7) is 7.57. The van der Waals surface area contributed by atoms with Crippen molar-refractivity contribution in [2.75, 3.05) is 18.4 Å². The van der Waals surface area contributed by atoms with Crippen LogP contribution in [0, 0.1) is 11.3 Å². The van der Waals surface area contributed by atoms with Crippen LogP contribution in [0.15, 0.2) is 40.8 Å². The highest BCUT2D eigenvalue weighted by Crippen LogP contribution is 2.25. The van der Waals surface area contributed by atoms with Crippen LogP contribution in [0.2, 0.25) is 5.02 Å². The molecule has 3 N–H and O–H groups in total. The van der Waals surface area contributed by atoms with Gasteiger partial charge in [-0.3, -0.25) is 4.79 Å². The van der Waals surface area contributed by atoms with Crippen LogP contribution in [0.1, 0.15) is 33.6 Å². The van der Waals surface area contributed by atoms with E-state index in [0.717, 1.165) is 12.8 Å². The van der Waals surface area contributed by atoms with Gasteiger partial charge in [-0.25, -0.2) is 9.59 Å². The van der Waals surface area contributed by atoms with Crippen molar-refractivity contribution in [3.05, 3.63) is 45.7 Å². The predicted octanol–water partition coefficient (Wildman–Crippen LogP) is 4.26. The second-order valence-electron chi connectivity index (χ2n) is 9.41. The summed E-state index contributed by atoms with van der Waals surface area (Å²) in [5.41, 5.74) is 0.105. The number of nitrogens with one attached hydrogen (secondary N) is 2. The summed E-state index contributed by atoms with van der Waals surface area (Å²) in [5, 5.41) is 16.9. The second-order valence-corrected chi connectivity index (χ2v) is 10.7. The third-order valence-electron chi connectivity index (χ3n) is 5.72. The molecule has 1 unspecified atom stereocenters. The molecule has 1 aliphatic heterocycles. The molecule has 0 aliphatic carbocycles. The summed E-state index contributed by atoms with van der Waals surface area (Å²) >= 11 is 7.17. The number of anilines is 1. The van der Waals surface area contributed by atoms with E-state index in [0.29, 0.717) is 41.1 Å². The number of thiazole rings is 1. The lowest BCUT2D eigenvalue weighted by Crippen LogP contribution is -2.56. The standard InChI is InChI=1S/C23H30ClN5O4S/c1-23(2,3)18(26-20(31)25-17-6-4-16(24)5-7-17)19(30)28-10-8-15(9-11-28)14-29-12-13-34-21(29)27-22(32)33/h4-7,12-13,15,18H,8-11,14H2,1-3H3,(H,32,33)(H2,25,26,31)/b27-21-. The van der Waals surface area contributed by atoms with Crippen LogP contribution in [0.3, 0.4) is 0 Å². The molecule has 1 aromatic carbocycles. The first-order valence-corrected chi connectivity index (χ1v) is 12.3. The van der Waals surface area contributed by atoms with Crippen molar-refractivity contribution in [3.8, 4) is 0 Å². The van der Waals surface area contributed by atoms with Gasteiger partial charge in [-0.05, 0) is 48.4 Å². The van der Waals surface area contributed by atoms with Crippen LogP contribution in [0.25, 0.3) is 0 Å². The topological polar surface area (TPSA) is 116 Å². The van der Waals surface area contributed by atoms with Crippen LogP contribution in [0.5, 0.6) is 0 Å². The van der Waals surface area contributed by atoms with E-state index in [9.17, 15) is 14.4 Å². The van der Waals surface area contributed by atoms with Gasteiger partial charge in [0.1, 0.15) is 6.04 Å². The average molecular weight is 508 g/mol. The number of halogens is 1. The molecule has 11 heteroatoms. The van der Waals surface area contributed by atoms with E-state index in [2.05, 4.69) is 15.6 Å². The molecule has 3 rings (SSSR count). The number of hydrogen-bond donors (Lipinski definition) is 3. The summed E-state index contributed by atoms with van der Waals surface area (Å²) in [6.07, 6.45) is 2.20. The van der Waals surface area contributed by atoms with E-state index in [-0.39, 0.29) is 5.91 Å². The lowest BCUT2D eigenvalue weighted by molar-refractivity contribution is -0.137. The van der Waals surface area contributed by atoms with Crippen LogP contribution in [-0.4, -0.2) is 51.7 Å². The number of urea groups is 1. The summed E-state index contributed by atoms with van der Waals surface area (Å²) in [7, 11) is 0. The monoisotopic (exact) mass is 507 g/mol. The maximum absolute atomic E-state index is 13.4. The largest absolute Gasteiger partial charge is 0.463 e. The van der Waals surface area contributed by atoms with Crippen LogP contribution in [-0.2, 0) is 11.3 Å². The average Bonchev–Trinajstić information content (AvgIpc) is 3.18. The van der Waals surface area contributed by atoms with Gasteiger partial charge < -0.3 is 25.2 Å². The molecule has 0 radical (unpaired) electrons. The fourth-order valence-corrected chi connectivity index (χ4v) is 4.74. The van der Waals surface area contributed by atoms with Crippen molar-refractivity contribution in [2.45, 2.75) is 46.2 Å². The molecule has 9 nitrogen and oxygen atoms in total. The van der Waals surface area contributed by atoms with Gasteiger partial charge in [0, 0.05) is 41.9 Å². The SMILES string of the molecule is CC(C)(C)C(NC(=O)Nc1ccc(Cl)cc1)C(=O)N1CCC(Cn2ccs/c2=N\C(=O)O)CC1. The maximum Gasteiger partial charge on any atom is 0.433 e. The molecule has 34 heavy (non-hydrogen) atoms. The van der Waals surface area contributed by atoms with Crippen molar-refractivity contribution in [1.29, 1.82) is 0 Å². The second kappa shape index (κ2) is 11.1. The zero-order chi connectivity index (χ0) is 24.9. The third-order valence-corrected chi connectivity index (χ3v) is 6.77. The number of carbonyl (C=O) groups is 3. The molecular formula is C23H30ClN5O4S. The minimum Gasteiger partial charge on any atom is -0.463 e. The van der Waals surface area contributed by atoms with Gasteiger partial charge in [0.15, 0.2) is 4.80 Å². The maximum atomic E-state index is 13.4. The first-order chi connectivity index (χ1) is 16.0. The molecule has 184 valence electrons. The number of piperidine rings is 1. The number of rotatable bonds is 5. The van der Waals surface area contributed by atoms with Gasteiger partial charge in [0.2, 0.25) is 5.91 Å². The quantitative estimate of drug-likeness (QED) is 0.560. The Labute approximate surface area is 207 Å². The van der Waals surface area contributed by atoms with E-state index >= 15 is 0 Å². The number of likely N-dealkylation sites (tertiary alicyclic amines) is 1. The Morgan fingerprint density at radius 2 is 1.85 bits per heavy atom. The molecule has 0 saturated carbocycles. The minimum absolute atomic E-state index is 0.109. The zero-order valence-corrected chi connectivity index (χ0v) is 21.0. The molecule has 0 spiro atoms. The first kappa shape index (κ1) is 25.8. The molecule has 0 bridgehead atoms. The van der Waals surface area contributed by atoms with E-state index in [1.807, 2.05) is 36.9 Å². The number of nitrogens with zero attached hydrogens (tertiary/aromatic N) is 3. The molecule has 2 heterocycles. The Morgan fingerprint density at radius 1 is 1.21 bits per heavy atom. The van der Waals surface area contributed by atoms with Crippen LogP contribution >= 0.6 is 22.9 Å². The minimum atomic E-state index is -1.21. The summed E-state index contributed by atoms with van der Waals surface area (Å²) in [4.78, 5) is 42.7. The van der Waals surface area contributed by atoms with E-state index in [1.54, 1.807) is 29.2 Å². The summed E-state index contributed by atoms with van der Waals surface area (Å²) in [5.74, 6) is 0.197. The lowest BCUT2D eigenvalue weighted by atomic mass is 9.85. The molecule has 4 amide bonds. The molecule has 2 aromatic rings. The molecule has 1 atom stereocenters. The summed E-state index contributed by atoms with van der Waals surface area (Å²) in [6, 6.07) is 5.61. The van der Waals surface area contributed by atoms with E-state index < -0.39 is 23.6 Å². The van der Waals surface area contributed by atoms with E-state index in [4.69, 9.17) is 16.7 Å². The molecule has 1 aliphatic rings. The highest BCUT2D eigenvalue weighted by Gasteiger charge is 2.37. The Hall–Kier alpha value is -2.85. The van der Waals surface area contributed by atoms with Gasteiger partial charge in [0.05, 0.1) is 0 Å². The molecule has 1 aromatic heterocycles. The Kier molecular flexibility index (Phi) is 8.37. The van der Waals surface area contributed by atoms with Gasteiger partial charge in [-0.1, -0.05) is 32.4 Å². The van der Waals surface area contributed by atoms with Crippen LogP contribution in [0.4, 0.5) is 15.3 Å². The highest BCUT2D eigenvalue weighted by atomic mass is 35.5. The van der Waals surface area contributed by atoms with E-state index in [1.165, 1.54) is 11.3 Å². The van der Waals surface area contributed by atoms with Crippen LogP contribution < -0.4 is 15.4 Å². The fraction of sp³-hybridized carbons (Fsp3) is 0.478. The van der Waals surface area contributed by atoms with Crippen molar-refractivity contribution >= 4 is 46.7 Å². The predicted molar refractivity (Wildman–Crippen MR) is 132 cm³/mol. The summed E-state index contributed by atoms with van der Waals surface area (Å²) < 4.78 is 1.85. The van der Waals surface area contributed by atoms with Crippen molar-refractivity contribution in [1.82, 2.24) is 14.8 Å². The van der Waals surface area contributed by atoms with Crippen molar-refractivity contribution in [2.24, 2.45) is 16.3 Å². The lowest BCUT2D eigenvalue weighted by Gasteiger charge is -2.38. The number of benzene rings is 1.